The summed E-state index contributed by atoms with van der Waals surface area (Å²) in [4.78, 5) is 0. The van der Waals surface area contributed by atoms with E-state index in [-0.39, 0.29) is 0 Å². The minimum atomic E-state index is -5.67. The summed E-state index contributed by atoms with van der Waals surface area (Å²) < 4.78 is 87.1. The van der Waals surface area contributed by atoms with Gasteiger partial charge in [-0.05, 0) is 70.8 Å². The van der Waals surface area contributed by atoms with Gasteiger partial charge in [-0.25, -0.2) is 0 Å². The molecule has 8 heteroatoms. The van der Waals surface area contributed by atoms with Crippen LogP contribution in [0.1, 0.15) is 22.3 Å². The van der Waals surface area contributed by atoms with E-state index in [2.05, 4.69) is 23.8 Å². The minimum Gasteiger partial charge on any atom is -0.356 e. The Hall–Kier alpha value is -4.46. The zero-order valence-corrected chi connectivity index (χ0v) is 20.6. The summed E-state index contributed by atoms with van der Waals surface area (Å²) in [5.41, 5.74) is -2.45. The Balaban J connectivity index is 1.69. The van der Waals surface area contributed by atoms with E-state index in [0.717, 1.165) is 35.4 Å². The summed E-state index contributed by atoms with van der Waals surface area (Å²) in [5, 5.41) is 5.96. The van der Waals surface area contributed by atoms with E-state index < -0.39 is 28.9 Å². The van der Waals surface area contributed by atoms with Crippen LogP contribution in [0.4, 0.5) is 49.1 Å². The lowest BCUT2D eigenvalue weighted by Gasteiger charge is -2.38. The average Bonchev–Trinajstić information content (AvgIpc) is 2.90. The maximum Gasteiger partial charge on any atom is 0.411 e. The highest BCUT2D eigenvalue weighted by atomic mass is 19.4. The first kappa shape index (κ1) is 27.6. The molecule has 2 nitrogen and oxygen atoms in total. The Bertz CT molecular complexity index is 1300. The molecule has 0 fully saturated rings. The van der Waals surface area contributed by atoms with Crippen molar-refractivity contribution in [2.45, 2.75) is 17.8 Å². The van der Waals surface area contributed by atoms with Gasteiger partial charge in [0, 0.05) is 22.7 Å². The average molecular weight is 539 g/mol. The summed E-state index contributed by atoms with van der Waals surface area (Å²) >= 11 is 0. The first-order chi connectivity index (χ1) is 18.5. The molecule has 4 aromatic rings. The summed E-state index contributed by atoms with van der Waals surface area (Å²) in [6, 6.07) is 22.2. The van der Waals surface area contributed by atoms with Crippen molar-refractivity contribution in [2.75, 3.05) is 10.6 Å². The number of hydrogen-bond donors (Lipinski definition) is 2. The van der Waals surface area contributed by atoms with Crippen molar-refractivity contribution in [1.82, 2.24) is 0 Å². The van der Waals surface area contributed by atoms with Gasteiger partial charge in [-0.3, -0.25) is 0 Å². The monoisotopic (exact) mass is 538 g/mol. The number of nitrogens with one attached hydrogen (secondary N) is 2. The van der Waals surface area contributed by atoms with Crippen LogP contribution in [0.2, 0.25) is 0 Å². The van der Waals surface area contributed by atoms with E-state index >= 15 is 0 Å². The molecule has 0 aromatic heterocycles. The second kappa shape index (κ2) is 10.7. The normalized spacial score (nSPS) is 12.1. The van der Waals surface area contributed by atoms with Crippen LogP contribution < -0.4 is 10.6 Å². The fourth-order valence-corrected chi connectivity index (χ4v) is 4.33. The van der Waals surface area contributed by atoms with Crippen molar-refractivity contribution in [3.63, 3.8) is 0 Å². The molecule has 0 unspecified atom stereocenters. The summed E-state index contributed by atoms with van der Waals surface area (Å²) in [5.74, 6) is 0. The predicted molar refractivity (Wildman–Crippen MR) is 145 cm³/mol. The van der Waals surface area contributed by atoms with Crippen molar-refractivity contribution in [2.24, 2.45) is 0 Å². The van der Waals surface area contributed by atoms with Gasteiger partial charge >= 0.3 is 12.4 Å². The molecule has 4 rings (SSSR count). The third-order valence-corrected chi connectivity index (χ3v) is 6.36. The molecule has 0 aliphatic carbocycles. The number of benzene rings is 4. The molecule has 0 saturated heterocycles. The van der Waals surface area contributed by atoms with Crippen molar-refractivity contribution < 1.29 is 26.3 Å². The van der Waals surface area contributed by atoms with Crippen LogP contribution in [-0.2, 0) is 5.41 Å². The third kappa shape index (κ3) is 5.55. The molecule has 0 radical (unpaired) electrons. The molecule has 0 bridgehead atoms. The van der Waals surface area contributed by atoms with Crippen LogP contribution in [0.5, 0.6) is 0 Å². The lowest BCUT2D eigenvalue weighted by molar-refractivity contribution is -0.288. The number of halogens is 6. The smallest absolute Gasteiger partial charge is 0.356 e. The van der Waals surface area contributed by atoms with E-state index in [9.17, 15) is 26.3 Å². The standard InChI is InChI=1S/C31H24F6N2/c1-3-21-5-13-25(14-6-21)38-27-17-9-23(10-18-27)29(30(32,33)34,31(35,36)37)24-11-19-28(20-12-24)39-26-15-7-22(4-2)8-16-26/h3-20,38-39H,1-2H2. The van der Waals surface area contributed by atoms with Gasteiger partial charge in [0.2, 0.25) is 5.41 Å². The largest absolute Gasteiger partial charge is 0.411 e. The van der Waals surface area contributed by atoms with Gasteiger partial charge in [0.25, 0.3) is 0 Å². The zero-order chi connectivity index (χ0) is 28.3. The van der Waals surface area contributed by atoms with Gasteiger partial charge in [-0.1, -0.05) is 73.8 Å². The fourth-order valence-electron chi connectivity index (χ4n) is 4.33. The predicted octanol–water partition coefficient (Wildman–Crippen LogP) is 9.87. The van der Waals surface area contributed by atoms with Gasteiger partial charge in [0.1, 0.15) is 0 Å². The molecule has 200 valence electrons. The molecule has 0 heterocycles. The van der Waals surface area contributed by atoms with Gasteiger partial charge in [-0.15, -0.1) is 0 Å². The molecule has 2 N–H and O–H groups in total. The van der Waals surface area contributed by atoms with Gasteiger partial charge < -0.3 is 10.6 Å². The van der Waals surface area contributed by atoms with Crippen LogP contribution in [0.15, 0.2) is 110 Å². The maximum absolute atomic E-state index is 14.5. The highest BCUT2D eigenvalue weighted by Crippen LogP contribution is 2.56. The van der Waals surface area contributed by atoms with E-state index in [1.807, 2.05) is 0 Å². The lowest BCUT2D eigenvalue weighted by Crippen LogP contribution is -2.54. The number of hydrogen-bond acceptors (Lipinski definition) is 2. The number of rotatable bonds is 8. The lowest BCUT2D eigenvalue weighted by atomic mass is 9.73. The molecule has 0 spiro atoms. The van der Waals surface area contributed by atoms with E-state index in [1.54, 1.807) is 60.7 Å². The number of anilines is 4. The molecule has 0 aliphatic heterocycles. The van der Waals surface area contributed by atoms with Crippen molar-refractivity contribution in [1.29, 1.82) is 0 Å². The topological polar surface area (TPSA) is 24.1 Å². The Morgan fingerprint density at radius 3 is 0.923 bits per heavy atom. The Morgan fingerprint density at radius 1 is 0.436 bits per heavy atom. The first-order valence-electron chi connectivity index (χ1n) is 11.8. The van der Waals surface area contributed by atoms with Crippen LogP contribution in [-0.4, -0.2) is 12.4 Å². The van der Waals surface area contributed by atoms with E-state index in [4.69, 9.17) is 0 Å². The molecule has 0 aliphatic rings. The summed E-state index contributed by atoms with van der Waals surface area (Å²) in [7, 11) is 0. The molecule has 4 aromatic carbocycles. The highest BCUT2D eigenvalue weighted by molar-refractivity contribution is 5.65. The van der Waals surface area contributed by atoms with Crippen LogP contribution in [0, 0.1) is 0 Å². The second-order valence-corrected chi connectivity index (χ2v) is 8.80. The van der Waals surface area contributed by atoms with Crippen molar-refractivity contribution in [3.8, 4) is 0 Å². The van der Waals surface area contributed by atoms with E-state index in [1.165, 1.54) is 24.3 Å². The number of alkyl halides is 6. The van der Waals surface area contributed by atoms with E-state index in [0.29, 0.717) is 22.7 Å². The second-order valence-electron chi connectivity index (χ2n) is 8.80. The van der Waals surface area contributed by atoms with Crippen LogP contribution in [0.3, 0.4) is 0 Å². The van der Waals surface area contributed by atoms with Gasteiger partial charge in [0.05, 0.1) is 0 Å². The molecule has 39 heavy (non-hydrogen) atoms. The molecule has 0 amide bonds. The zero-order valence-electron chi connectivity index (χ0n) is 20.6. The Morgan fingerprint density at radius 2 is 0.692 bits per heavy atom. The fraction of sp³-hybridized carbons (Fsp3) is 0.0968. The summed E-state index contributed by atoms with van der Waals surface area (Å²) in [6.07, 6.45) is -8.04. The molecular formula is C31H24F6N2. The maximum atomic E-state index is 14.5. The minimum absolute atomic E-state index is 0.338. The molecule has 0 saturated carbocycles. The SMILES string of the molecule is C=Cc1ccc(Nc2ccc(C(c3ccc(Nc4ccc(C=C)cc4)cc3)(C(F)(F)F)C(F)(F)F)cc2)cc1. The molecular weight excluding hydrogens is 514 g/mol. The molecule has 0 atom stereocenters. The Labute approximate surface area is 222 Å². The van der Waals surface area contributed by atoms with Crippen molar-refractivity contribution >= 4 is 34.9 Å². The van der Waals surface area contributed by atoms with Crippen molar-refractivity contribution in [3.05, 3.63) is 132 Å². The van der Waals surface area contributed by atoms with Gasteiger partial charge in [-0.2, -0.15) is 26.3 Å². The first-order valence-corrected chi connectivity index (χ1v) is 11.8. The highest BCUT2D eigenvalue weighted by Gasteiger charge is 2.72. The summed E-state index contributed by atoms with van der Waals surface area (Å²) in [6.45, 7) is 7.32. The third-order valence-electron chi connectivity index (χ3n) is 6.36. The van der Waals surface area contributed by atoms with Crippen LogP contribution in [0.25, 0.3) is 12.2 Å². The quantitative estimate of drug-likeness (QED) is 0.218. The Kier molecular flexibility index (Phi) is 7.58. The van der Waals surface area contributed by atoms with Crippen LogP contribution >= 0.6 is 0 Å². The van der Waals surface area contributed by atoms with Gasteiger partial charge in [0.15, 0.2) is 0 Å².